The minimum atomic E-state index is -1.37. The van der Waals surface area contributed by atoms with Gasteiger partial charge in [0.15, 0.2) is 23.8 Å². The number of nitrogens with zero attached hydrogens (tertiary/aromatic N) is 4. The standard InChI is InChI=1S/C49H78N4O13S/c1-15-34-49(10)36(40(45(58)66-49)67-21-17-20-53-25-51-32-18-16-19-50-43(32)53)28(4)37(54)26(2)23-48(9,60-14)42(65-46-38(55)33(52(11)12)22-27(3)61-46)29(5)39(30(6)44(57)63-34)64-35-24-47(8,59-13)41(56)31(7)62-35/h16,18-19,25-31,33-36,38-42,46,55-56H,15,17,20-24H2,1-14H3/t26-,27-,28+,29+,30-,31-,33+,34-,35+,36?,38-,39+,40?,41+,42-,46+,47-,48-,49-/m1/s1. The van der Waals surface area contributed by atoms with Crippen LogP contribution in [0, 0.1) is 29.6 Å². The molecule has 4 fully saturated rings. The molecule has 0 radical (unpaired) electrons. The summed E-state index contributed by atoms with van der Waals surface area (Å²) in [6, 6.07) is 3.47. The van der Waals surface area contributed by atoms with Crippen LogP contribution in [-0.2, 0) is 58.8 Å². The first kappa shape index (κ1) is 53.6. The van der Waals surface area contributed by atoms with E-state index in [1.165, 1.54) is 18.9 Å². The molecule has 2 unspecified atom stereocenters. The maximum Gasteiger partial charge on any atom is 0.320 e. The number of cyclic esters (lactones) is 1. The fourth-order valence-electron chi connectivity index (χ4n) is 11.4. The molecule has 0 spiro atoms. The number of imidazole rings is 1. The molecule has 17 nitrogen and oxygen atoms in total. The molecule has 18 heteroatoms. The maximum atomic E-state index is 15.1. The number of thioether (sulfide) groups is 1. The quantitative estimate of drug-likeness (QED) is 0.196. The number of hydrogen-bond donors (Lipinski definition) is 2. The third-order valence-electron chi connectivity index (χ3n) is 15.5. The van der Waals surface area contributed by atoms with E-state index in [0.717, 1.165) is 11.2 Å². The molecule has 0 amide bonds. The summed E-state index contributed by atoms with van der Waals surface area (Å²) in [7, 11) is 6.88. The molecule has 4 aliphatic heterocycles. The van der Waals surface area contributed by atoms with Crippen molar-refractivity contribution in [1.29, 1.82) is 0 Å². The summed E-state index contributed by atoms with van der Waals surface area (Å²) >= 11 is 1.45. The summed E-state index contributed by atoms with van der Waals surface area (Å²) < 4.78 is 53.7. The van der Waals surface area contributed by atoms with Crippen molar-refractivity contribution in [3.8, 4) is 0 Å². The topological polar surface area (TPSA) is 199 Å². The Hall–Kier alpha value is -2.78. The van der Waals surface area contributed by atoms with Crippen LogP contribution in [0.2, 0.25) is 0 Å². The van der Waals surface area contributed by atoms with E-state index in [9.17, 15) is 19.8 Å². The van der Waals surface area contributed by atoms with E-state index in [0.29, 0.717) is 25.1 Å². The number of Topliss-reactive ketones (excluding diaryl/α,β-unsaturated/α-hetero) is 1. The van der Waals surface area contributed by atoms with Gasteiger partial charge in [0.2, 0.25) is 0 Å². The molecule has 0 saturated carbocycles. The van der Waals surface area contributed by atoms with Crippen molar-refractivity contribution in [2.45, 2.75) is 191 Å². The Bertz CT molecular complexity index is 2010. The van der Waals surface area contributed by atoms with Crippen LogP contribution in [0.5, 0.6) is 0 Å². The Morgan fingerprint density at radius 2 is 1.63 bits per heavy atom. The number of hydrogen-bond acceptors (Lipinski definition) is 17. The molecule has 378 valence electrons. The highest BCUT2D eigenvalue weighted by atomic mass is 32.2. The van der Waals surface area contributed by atoms with Crippen molar-refractivity contribution in [3.63, 3.8) is 0 Å². The van der Waals surface area contributed by atoms with Gasteiger partial charge in [0.05, 0.1) is 47.9 Å². The summed E-state index contributed by atoms with van der Waals surface area (Å²) in [4.78, 5) is 55.1. The maximum absolute atomic E-state index is 15.1. The number of carbonyl (C=O) groups excluding carboxylic acids is 3. The van der Waals surface area contributed by atoms with Gasteiger partial charge < -0.3 is 57.6 Å². The number of rotatable bonds is 13. The van der Waals surface area contributed by atoms with Gasteiger partial charge in [-0.15, -0.1) is 11.8 Å². The lowest BCUT2D eigenvalue weighted by Gasteiger charge is -2.50. The minimum Gasteiger partial charge on any atom is -0.458 e. The van der Waals surface area contributed by atoms with Crippen molar-refractivity contribution in [2.75, 3.05) is 34.1 Å². The number of fused-ring (bicyclic) bond motifs is 2. The average molecular weight is 963 g/mol. The summed E-state index contributed by atoms with van der Waals surface area (Å²) in [6.45, 7) is 18.9. The number of carbonyl (C=O) groups is 3. The number of esters is 2. The number of pyridine rings is 1. The molecular formula is C49H78N4O13S. The zero-order valence-corrected chi connectivity index (χ0v) is 42.9. The molecule has 4 saturated heterocycles. The van der Waals surface area contributed by atoms with E-state index in [2.05, 4.69) is 9.97 Å². The van der Waals surface area contributed by atoms with E-state index < -0.39 is 113 Å². The third kappa shape index (κ3) is 10.9. The van der Waals surface area contributed by atoms with E-state index in [1.54, 1.807) is 47.3 Å². The Kier molecular flexibility index (Phi) is 17.3. The van der Waals surface area contributed by atoms with Crippen molar-refractivity contribution >= 4 is 40.6 Å². The Balaban J connectivity index is 1.39. The number of likely N-dealkylation sites (N-methyl/N-ethyl adjacent to an activating group) is 1. The highest BCUT2D eigenvalue weighted by Crippen LogP contribution is 2.49. The third-order valence-corrected chi connectivity index (χ3v) is 16.8. The summed E-state index contributed by atoms with van der Waals surface area (Å²) in [5.41, 5.74) is -2.08. The molecule has 0 aliphatic carbocycles. The minimum absolute atomic E-state index is 0.109. The van der Waals surface area contributed by atoms with Crippen LogP contribution in [0.15, 0.2) is 24.7 Å². The lowest BCUT2D eigenvalue weighted by Crippen LogP contribution is -2.61. The molecule has 4 aliphatic rings. The smallest absolute Gasteiger partial charge is 0.320 e. The molecular weight excluding hydrogens is 885 g/mol. The van der Waals surface area contributed by atoms with Crippen LogP contribution in [0.1, 0.15) is 101 Å². The Morgan fingerprint density at radius 1 is 0.925 bits per heavy atom. The lowest BCUT2D eigenvalue weighted by atomic mass is 9.70. The van der Waals surface area contributed by atoms with E-state index in [1.807, 2.05) is 77.2 Å². The zero-order chi connectivity index (χ0) is 49.3. The first-order valence-corrected chi connectivity index (χ1v) is 25.2. The van der Waals surface area contributed by atoms with Gasteiger partial charge in [-0.1, -0.05) is 27.7 Å². The van der Waals surface area contributed by atoms with Gasteiger partial charge in [0, 0.05) is 63.1 Å². The van der Waals surface area contributed by atoms with Crippen LogP contribution < -0.4 is 0 Å². The van der Waals surface area contributed by atoms with Crippen LogP contribution in [0.25, 0.3) is 11.2 Å². The SMILES string of the molecule is CC[C@H]1OC(=O)[C@H](C)[C@@H](O[C@H]2C[C@@](C)(OC)[C@@H](O)[C@@H](C)O2)[C@H](C)[C@@H](O[C@@H]2O[C@H](C)C[C@H](N(C)C)[C@H]2O)[C@](C)(OC)C[C@@H](C)C(=O)[C@@H](C)C2C(SCCCn3cnc4cccnc43)C(=O)O[C@@]21C. The molecule has 0 bridgehead atoms. The normalized spacial score (nSPS) is 42.6. The molecule has 0 aromatic carbocycles. The number of ether oxygens (including phenoxy) is 8. The monoisotopic (exact) mass is 963 g/mol. The van der Waals surface area contributed by atoms with Crippen molar-refractivity contribution in [3.05, 3.63) is 24.7 Å². The molecule has 19 atom stereocenters. The number of ketones is 1. The molecule has 6 rings (SSSR count). The Morgan fingerprint density at radius 3 is 2.28 bits per heavy atom. The van der Waals surface area contributed by atoms with Crippen LogP contribution in [0.4, 0.5) is 0 Å². The largest absolute Gasteiger partial charge is 0.458 e. The van der Waals surface area contributed by atoms with Gasteiger partial charge >= 0.3 is 11.9 Å². The van der Waals surface area contributed by atoms with Crippen molar-refractivity contribution < 1.29 is 62.5 Å². The van der Waals surface area contributed by atoms with E-state index >= 15 is 4.79 Å². The van der Waals surface area contributed by atoms with Gasteiger partial charge in [-0.3, -0.25) is 14.4 Å². The molecule has 2 aromatic heterocycles. The fraction of sp³-hybridized carbons (Fsp3) is 0.816. The number of aliphatic hydroxyl groups is 2. The van der Waals surface area contributed by atoms with E-state index in [-0.39, 0.29) is 37.2 Å². The predicted molar refractivity (Wildman–Crippen MR) is 251 cm³/mol. The first-order chi connectivity index (χ1) is 31.5. The summed E-state index contributed by atoms with van der Waals surface area (Å²) in [5.74, 6) is -4.34. The summed E-state index contributed by atoms with van der Waals surface area (Å²) in [6.07, 6.45) is -2.61. The zero-order valence-electron chi connectivity index (χ0n) is 42.1. The fourth-order valence-corrected chi connectivity index (χ4v) is 12.9. The first-order valence-electron chi connectivity index (χ1n) is 24.1. The number of aryl methyl sites for hydroxylation is 1. The predicted octanol–water partition coefficient (Wildman–Crippen LogP) is 5.20. The number of methoxy groups -OCH3 is 2. The van der Waals surface area contributed by atoms with Gasteiger partial charge in [0.25, 0.3) is 0 Å². The summed E-state index contributed by atoms with van der Waals surface area (Å²) in [5, 5.41) is 22.2. The van der Waals surface area contributed by atoms with Crippen LogP contribution in [0.3, 0.4) is 0 Å². The van der Waals surface area contributed by atoms with E-state index in [4.69, 9.17) is 37.9 Å². The second kappa shape index (κ2) is 21.7. The van der Waals surface area contributed by atoms with Crippen molar-refractivity contribution in [1.82, 2.24) is 19.4 Å². The average Bonchev–Trinajstić information content (AvgIpc) is 3.82. The number of aromatic nitrogens is 3. The highest BCUT2D eigenvalue weighted by Gasteiger charge is 2.62. The van der Waals surface area contributed by atoms with Gasteiger partial charge in [-0.2, -0.15) is 0 Å². The van der Waals surface area contributed by atoms with Gasteiger partial charge in [-0.25, -0.2) is 9.97 Å². The molecule has 2 N–H and O–H groups in total. The number of aliphatic hydroxyl groups excluding tert-OH is 2. The van der Waals surface area contributed by atoms with Gasteiger partial charge in [0.1, 0.15) is 34.9 Å². The lowest BCUT2D eigenvalue weighted by molar-refractivity contribution is -0.319. The molecule has 67 heavy (non-hydrogen) atoms. The second-order valence-electron chi connectivity index (χ2n) is 20.5. The Labute approximate surface area is 401 Å². The van der Waals surface area contributed by atoms with Crippen LogP contribution in [-0.4, -0.2) is 165 Å². The van der Waals surface area contributed by atoms with Gasteiger partial charge in [-0.05, 0) is 99.2 Å². The highest BCUT2D eigenvalue weighted by molar-refractivity contribution is 8.00. The molecule has 6 heterocycles. The second-order valence-corrected chi connectivity index (χ2v) is 21.8. The van der Waals surface area contributed by atoms with Crippen molar-refractivity contribution in [2.24, 2.45) is 29.6 Å². The molecule has 2 aromatic rings. The van der Waals surface area contributed by atoms with Crippen LogP contribution >= 0.6 is 11.8 Å².